The lowest BCUT2D eigenvalue weighted by Crippen LogP contribution is -2.37. The second kappa shape index (κ2) is 6.84. The topological polar surface area (TPSA) is 26.7 Å². The van der Waals surface area contributed by atoms with Gasteiger partial charge in [0.2, 0.25) is 0 Å². The number of thioether (sulfide) groups is 1. The number of aliphatic hydroxyl groups excluding tert-OH is 1. The molecule has 1 saturated heterocycles. The highest BCUT2D eigenvalue weighted by Gasteiger charge is 2.26. The third-order valence-corrected chi connectivity index (χ3v) is 4.72. The number of likely N-dealkylation sites (N-methyl/N-ethyl adjacent to an activating group) is 1. The van der Waals surface area contributed by atoms with Crippen molar-refractivity contribution in [3.8, 4) is 0 Å². The first-order valence-corrected chi connectivity index (χ1v) is 7.45. The highest BCUT2D eigenvalue weighted by molar-refractivity contribution is 7.99. The molecule has 1 aliphatic heterocycles. The standard InChI is InChI=1S/C12H26N2OS/c1-10(9-15)13(3)7-12-5-6-14(8-12)11(2)16-4/h10-12,15H,5-9H2,1-4H3. The summed E-state index contributed by atoms with van der Waals surface area (Å²) in [6.07, 6.45) is 3.48. The molecule has 3 atom stereocenters. The summed E-state index contributed by atoms with van der Waals surface area (Å²) in [5.41, 5.74) is 0. The van der Waals surface area contributed by atoms with E-state index in [-0.39, 0.29) is 12.6 Å². The maximum absolute atomic E-state index is 9.10. The van der Waals surface area contributed by atoms with E-state index in [1.807, 2.05) is 11.8 Å². The second-order valence-corrected chi connectivity index (χ2v) is 6.11. The Morgan fingerprint density at radius 3 is 2.75 bits per heavy atom. The molecule has 0 bridgehead atoms. The van der Waals surface area contributed by atoms with Crippen LogP contribution in [0.1, 0.15) is 20.3 Å². The number of hydrogen-bond acceptors (Lipinski definition) is 4. The van der Waals surface area contributed by atoms with Crippen molar-refractivity contribution in [3.63, 3.8) is 0 Å². The predicted octanol–water partition coefficient (Wildman–Crippen LogP) is 1.33. The first-order valence-electron chi connectivity index (χ1n) is 6.16. The average molecular weight is 246 g/mol. The van der Waals surface area contributed by atoms with E-state index in [1.165, 1.54) is 19.5 Å². The van der Waals surface area contributed by atoms with Gasteiger partial charge < -0.3 is 10.0 Å². The summed E-state index contributed by atoms with van der Waals surface area (Å²) in [7, 11) is 2.11. The zero-order valence-electron chi connectivity index (χ0n) is 11.0. The predicted molar refractivity (Wildman–Crippen MR) is 71.8 cm³/mol. The first-order chi connectivity index (χ1) is 7.58. The summed E-state index contributed by atoms with van der Waals surface area (Å²) in [6.45, 7) is 8.18. The lowest BCUT2D eigenvalue weighted by molar-refractivity contribution is 0.142. The monoisotopic (exact) mass is 246 g/mol. The minimum Gasteiger partial charge on any atom is -0.395 e. The zero-order chi connectivity index (χ0) is 12.1. The smallest absolute Gasteiger partial charge is 0.0584 e. The molecule has 3 nitrogen and oxygen atoms in total. The second-order valence-electron chi connectivity index (χ2n) is 4.96. The van der Waals surface area contributed by atoms with E-state index in [9.17, 15) is 0 Å². The van der Waals surface area contributed by atoms with Gasteiger partial charge in [-0.1, -0.05) is 0 Å². The quantitative estimate of drug-likeness (QED) is 0.765. The fourth-order valence-electron chi connectivity index (χ4n) is 2.22. The molecular weight excluding hydrogens is 220 g/mol. The van der Waals surface area contributed by atoms with Gasteiger partial charge in [-0.3, -0.25) is 4.90 Å². The molecule has 0 amide bonds. The minimum absolute atomic E-state index is 0.258. The molecule has 0 aromatic heterocycles. The van der Waals surface area contributed by atoms with Gasteiger partial charge in [0.25, 0.3) is 0 Å². The largest absolute Gasteiger partial charge is 0.395 e. The Morgan fingerprint density at radius 2 is 2.19 bits per heavy atom. The molecule has 0 saturated carbocycles. The van der Waals surface area contributed by atoms with E-state index in [0.717, 1.165) is 12.5 Å². The Balaban J connectivity index is 2.31. The highest BCUT2D eigenvalue weighted by Crippen LogP contribution is 2.23. The van der Waals surface area contributed by atoms with Gasteiger partial charge in [-0.2, -0.15) is 0 Å². The van der Waals surface area contributed by atoms with Crippen molar-refractivity contribution in [2.75, 3.05) is 39.5 Å². The summed E-state index contributed by atoms with van der Waals surface area (Å²) in [4.78, 5) is 4.84. The molecule has 0 spiro atoms. The third-order valence-electron chi connectivity index (χ3n) is 3.74. The van der Waals surface area contributed by atoms with Crippen molar-refractivity contribution in [2.45, 2.75) is 31.7 Å². The molecule has 1 aliphatic rings. The molecule has 1 N–H and O–H groups in total. The van der Waals surface area contributed by atoms with Gasteiger partial charge in [0.05, 0.1) is 12.0 Å². The zero-order valence-corrected chi connectivity index (χ0v) is 11.8. The average Bonchev–Trinajstić information content (AvgIpc) is 2.75. The molecule has 1 heterocycles. The maximum Gasteiger partial charge on any atom is 0.0584 e. The van der Waals surface area contributed by atoms with Gasteiger partial charge in [-0.25, -0.2) is 0 Å². The summed E-state index contributed by atoms with van der Waals surface area (Å²) in [5, 5.41) is 9.75. The maximum atomic E-state index is 9.10. The Kier molecular flexibility index (Phi) is 6.11. The van der Waals surface area contributed by atoms with Crippen molar-refractivity contribution in [1.29, 1.82) is 0 Å². The van der Waals surface area contributed by atoms with Crippen LogP contribution in [0.5, 0.6) is 0 Å². The number of nitrogens with zero attached hydrogens (tertiary/aromatic N) is 2. The van der Waals surface area contributed by atoms with Crippen LogP contribution in [0.3, 0.4) is 0 Å². The number of hydrogen-bond donors (Lipinski definition) is 1. The van der Waals surface area contributed by atoms with Crippen LogP contribution in [-0.2, 0) is 0 Å². The van der Waals surface area contributed by atoms with E-state index < -0.39 is 0 Å². The van der Waals surface area contributed by atoms with Gasteiger partial charge in [0.1, 0.15) is 0 Å². The van der Waals surface area contributed by atoms with Crippen LogP contribution >= 0.6 is 11.8 Å². The Bertz CT molecular complexity index is 203. The molecule has 0 aliphatic carbocycles. The van der Waals surface area contributed by atoms with Crippen molar-refractivity contribution in [1.82, 2.24) is 9.80 Å². The molecule has 0 aromatic rings. The molecule has 1 fully saturated rings. The normalized spacial score (nSPS) is 26.2. The van der Waals surface area contributed by atoms with Crippen LogP contribution in [0.15, 0.2) is 0 Å². The van der Waals surface area contributed by atoms with Gasteiger partial charge in [-0.05, 0) is 46.0 Å². The van der Waals surface area contributed by atoms with Crippen LogP contribution in [0.2, 0.25) is 0 Å². The fraction of sp³-hybridized carbons (Fsp3) is 1.00. The van der Waals surface area contributed by atoms with Crippen LogP contribution < -0.4 is 0 Å². The van der Waals surface area contributed by atoms with Gasteiger partial charge in [0, 0.05) is 19.1 Å². The summed E-state index contributed by atoms with van der Waals surface area (Å²) < 4.78 is 0. The number of rotatable bonds is 6. The van der Waals surface area contributed by atoms with Gasteiger partial charge >= 0.3 is 0 Å². The molecule has 0 aromatic carbocycles. The van der Waals surface area contributed by atoms with Crippen molar-refractivity contribution in [3.05, 3.63) is 0 Å². The number of likely N-dealkylation sites (tertiary alicyclic amines) is 1. The van der Waals surface area contributed by atoms with Gasteiger partial charge in [-0.15, -0.1) is 11.8 Å². The molecule has 3 unspecified atom stereocenters. The minimum atomic E-state index is 0.258. The summed E-state index contributed by atoms with van der Waals surface area (Å²) in [5.74, 6) is 0.772. The SMILES string of the molecule is CSC(C)N1CCC(CN(C)C(C)CO)C1. The molecule has 1 rings (SSSR count). The molecular formula is C12H26N2OS. The lowest BCUT2D eigenvalue weighted by atomic mass is 10.1. The molecule has 16 heavy (non-hydrogen) atoms. The first kappa shape index (κ1) is 14.3. The summed E-state index contributed by atoms with van der Waals surface area (Å²) in [6, 6.07) is 0.284. The fourth-order valence-corrected chi connectivity index (χ4v) is 2.71. The van der Waals surface area contributed by atoms with E-state index in [1.54, 1.807) is 0 Å². The number of aliphatic hydroxyl groups is 1. The van der Waals surface area contributed by atoms with Crippen molar-refractivity contribution >= 4 is 11.8 Å². The van der Waals surface area contributed by atoms with Crippen LogP contribution in [0, 0.1) is 5.92 Å². The van der Waals surface area contributed by atoms with Gasteiger partial charge in [0.15, 0.2) is 0 Å². The van der Waals surface area contributed by atoms with E-state index in [2.05, 4.69) is 37.0 Å². The third kappa shape index (κ3) is 3.91. The van der Waals surface area contributed by atoms with Crippen LogP contribution in [0.4, 0.5) is 0 Å². The lowest BCUT2D eigenvalue weighted by Gasteiger charge is -2.27. The Hall–Kier alpha value is 0.230. The Morgan fingerprint density at radius 1 is 1.50 bits per heavy atom. The Labute approximate surface area is 104 Å². The van der Waals surface area contributed by atoms with E-state index >= 15 is 0 Å². The molecule has 96 valence electrons. The van der Waals surface area contributed by atoms with E-state index in [0.29, 0.717) is 5.37 Å². The highest BCUT2D eigenvalue weighted by atomic mass is 32.2. The molecule has 0 radical (unpaired) electrons. The van der Waals surface area contributed by atoms with Crippen LogP contribution in [0.25, 0.3) is 0 Å². The van der Waals surface area contributed by atoms with Crippen molar-refractivity contribution < 1.29 is 5.11 Å². The van der Waals surface area contributed by atoms with Crippen LogP contribution in [-0.4, -0.2) is 65.9 Å². The molecule has 4 heteroatoms. The summed E-state index contributed by atoms with van der Waals surface area (Å²) >= 11 is 1.93. The van der Waals surface area contributed by atoms with E-state index in [4.69, 9.17) is 5.11 Å². The van der Waals surface area contributed by atoms with Crippen molar-refractivity contribution in [2.24, 2.45) is 5.92 Å².